The lowest BCUT2D eigenvalue weighted by Gasteiger charge is -2.34. The van der Waals surface area contributed by atoms with Gasteiger partial charge in [-0.25, -0.2) is 0 Å². The number of aromatic nitrogens is 1. The molecule has 1 amide bonds. The molecule has 1 saturated heterocycles. The first-order valence-corrected chi connectivity index (χ1v) is 9.68. The Balaban J connectivity index is 1.46. The van der Waals surface area contributed by atoms with Crippen molar-refractivity contribution in [2.24, 2.45) is 0 Å². The van der Waals surface area contributed by atoms with E-state index in [4.69, 9.17) is 4.74 Å². The van der Waals surface area contributed by atoms with Crippen LogP contribution in [-0.4, -0.2) is 43.2 Å². The quantitative estimate of drug-likeness (QED) is 0.758. The van der Waals surface area contributed by atoms with Gasteiger partial charge in [0.1, 0.15) is 0 Å². The summed E-state index contributed by atoms with van der Waals surface area (Å²) in [5.74, 6) is -0.0819. The fourth-order valence-corrected chi connectivity index (χ4v) is 3.68. The first kappa shape index (κ1) is 18.4. The molecule has 0 spiro atoms. The molecule has 0 aliphatic carbocycles. The second-order valence-electron chi connectivity index (χ2n) is 7.32. The van der Waals surface area contributed by atoms with Gasteiger partial charge in [0.2, 0.25) is 0 Å². The van der Waals surface area contributed by atoms with E-state index in [1.165, 1.54) is 5.69 Å². The number of amides is 1. The number of anilines is 1. The van der Waals surface area contributed by atoms with Gasteiger partial charge in [0.25, 0.3) is 5.91 Å². The summed E-state index contributed by atoms with van der Waals surface area (Å²) < 4.78 is 5.88. The molecule has 1 atom stereocenters. The van der Waals surface area contributed by atoms with E-state index in [2.05, 4.69) is 27.3 Å². The SMILES string of the molecule is Cc1ccc2nc(C)cc(C(=O)NCC3CN(c4ccccc4)CCO3)c2c1. The van der Waals surface area contributed by atoms with Crippen LogP contribution in [0.15, 0.2) is 54.6 Å². The summed E-state index contributed by atoms with van der Waals surface area (Å²) in [7, 11) is 0. The van der Waals surface area contributed by atoms with Crippen molar-refractivity contribution in [3.63, 3.8) is 0 Å². The van der Waals surface area contributed by atoms with E-state index in [9.17, 15) is 4.79 Å². The maximum atomic E-state index is 12.9. The van der Waals surface area contributed by atoms with Crippen molar-refractivity contribution in [3.05, 3.63) is 71.4 Å². The van der Waals surface area contributed by atoms with E-state index < -0.39 is 0 Å². The second kappa shape index (κ2) is 7.98. The van der Waals surface area contributed by atoms with E-state index >= 15 is 0 Å². The largest absolute Gasteiger partial charge is 0.373 e. The zero-order valence-electron chi connectivity index (χ0n) is 16.3. The number of hydrogen-bond acceptors (Lipinski definition) is 4. The molecule has 0 bridgehead atoms. The average Bonchev–Trinajstić information content (AvgIpc) is 2.72. The van der Waals surface area contributed by atoms with Gasteiger partial charge < -0.3 is 15.0 Å². The average molecular weight is 375 g/mol. The third-order valence-corrected chi connectivity index (χ3v) is 5.09. The normalized spacial score (nSPS) is 16.9. The summed E-state index contributed by atoms with van der Waals surface area (Å²) in [5.41, 5.74) is 4.65. The van der Waals surface area contributed by atoms with E-state index in [0.29, 0.717) is 18.7 Å². The highest BCUT2D eigenvalue weighted by Crippen LogP contribution is 2.20. The van der Waals surface area contributed by atoms with E-state index in [0.717, 1.165) is 35.2 Å². The van der Waals surface area contributed by atoms with Gasteiger partial charge in [-0.15, -0.1) is 0 Å². The molecule has 1 aromatic heterocycles. The molecule has 2 aromatic carbocycles. The number of fused-ring (bicyclic) bond motifs is 1. The number of pyridine rings is 1. The standard InChI is InChI=1S/C23H25N3O2/c1-16-8-9-22-20(12-16)21(13-17(2)25-22)23(27)24-14-19-15-26(10-11-28-19)18-6-4-3-5-7-18/h3-9,12-13,19H,10-11,14-15H2,1-2H3,(H,24,27). The Morgan fingerprint density at radius 3 is 2.82 bits per heavy atom. The van der Waals surface area contributed by atoms with Gasteiger partial charge in [-0.2, -0.15) is 0 Å². The Hall–Kier alpha value is -2.92. The number of benzene rings is 2. The van der Waals surface area contributed by atoms with E-state index in [-0.39, 0.29) is 12.0 Å². The minimum atomic E-state index is -0.0819. The highest BCUT2D eigenvalue weighted by molar-refractivity contribution is 6.06. The Morgan fingerprint density at radius 1 is 1.18 bits per heavy atom. The summed E-state index contributed by atoms with van der Waals surface area (Å²) in [6.45, 7) is 6.71. The molecule has 144 valence electrons. The molecule has 3 aromatic rings. The Morgan fingerprint density at radius 2 is 2.00 bits per heavy atom. The molecule has 1 unspecified atom stereocenters. The molecule has 1 fully saturated rings. The summed E-state index contributed by atoms with van der Waals surface area (Å²) >= 11 is 0. The minimum absolute atomic E-state index is 0.0335. The van der Waals surface area contributed by atoms with Gasteiger partial charge in [-0.1, -0.05) is 29.8 Å². The lowest BCUT2D eigenvalue weighted by molar-refractivity contribution is 0.0397. The van der Waals surface area contributed by atoms with Gasteiger partial charge in [0.15, 0.2) is 0 Å². The van der Waals surface area contributed by atoms with Crippen LogP contribution in [0.1, 0.15) is 21.6 Å². The van der Waals surface area contributed by atoms with Crippen LogP contribution in [-0.2, 0) is 4.74 Å². The zero-order chi connectivity index (χ0) is 19.5. The molecule has 1 aliphatic heterocycles. The summed E-state index contributed by atoms with van der Waals surface area (Å²) in [4.78, 5) is 19.8. The third kappa shape index (κ3) is 3.99. The van der Waals surface area contributed by atoms with Gasteiger partial charge in [0, 0.05) is 36.4 Å². The Kier molecular flexibility index (Phi) is 5.26. The summed E-state index contributed by atoms with van der Waals surface area (Å²) in [5, 5.41) is 3.95. The Bertz CT molecular complexity index is 988. The van der Waals surface area contributed by atoms with Crippen LogP contribution >= 0.6 is 0 Å². The fraction of sp³-hybridized carbons (Fsp3) is 0.304. The van der Waals surface area contributed by atoms with Crippen LogP contribution in [0.3, 0.4) is 0 Å². The molecular formula is C23H25N3O2. The van der Waals surface area contributed by atoms with Crippen molar-refractivity contribution in [2.75, 3.05) is 31.1 Å². The molecule has 1 aliphatic rings. The molecule has 28 heavy (non-hydrogen) atoms. The van der Waals surface area contributed by atoms with Gasteiger partial charge in [-0.05, 0) is 44.2 Å². The molecule has 1 N–H and O–H groups in total. The first-order valence-electron chi connectivity index (χ1n) is 9.68. The van der Waals surface area contributed by atoms with Crippen LogP contribution in [0.2, 0.25) is 0 Å². The molecule has 0 radical (unpaired) electrons. The number of rotatable bonds is 4. The molecule has 5 nitrogen and oxygen atoms in total. The predicted molar refractivity (Wildman–Crippen MR) is 112 cm³/mol. The van der Waals surface area contributed by atoms with Crippen molar-refractivity contribution < 1.29 is 9.53 Å². The van der Waals surface area contributed by atoms with Crippen LogP contribution in [0.25, 0.3) is 10.9 Å². The second-order valence-corrected chi connectivity index (χ2v) is 7.32. The van der Waals surface area contributed by atoms with E-state index in [1.54, 1.807) is 0 Å². The number of carbonyl (C=O) groups is 1. The molecular weight excluding hydrogens is 350 g/mol. The minimum Gasteiger partial charge on any atom is -0.373 e. The number of ether oxygens (including phenoxy) is 1. The summed E-state index contributed by atoms with van der Waals surface area (Å²) in [6, 6.07) is 18.2. The monoisotopic (exact) mass is 375 g/mol. The van der Waals surface area contributed by atoms with E-state index in [1.807, 2.05) is 56.3 Å². The smallest absolute Gasteiger partial charge is 0.252 e. The number of morpholine rings is 1. The van der Waals surface area contributed by atoms with Gasteiger partial charge in [-0.3, -0.25) is 9.78 Å². The fourth-order valence-electron chi connectivity index (χ4n) is 3.68. The number of hydrogen-bond donors (Lipinski definition) is 1. The van der Waals surface area contributed by atoms with Crippen molar-refractivity contribution in [1.29, 1.82) is 0 Å². The number of nitrogens with one attached hydrogen (secondary N) is 1. The van der Waals surface area contributed by atoms with Crippen LogP contribution in [0, 0.1) is 13.8 Å². The maximum absolute atomic E-state index is 12.9. The zero-order valence-corrected chi connectivity index (χ0v) is 16.3. The number of aryl methyl sites for hydroxylation is 2. The molecule has 2 heterocycles. The maximum Gasteiger partial charge on any atom is 0.252 e. The van der Waals surface area contributed by atoms with Crippen molar-refractivity contribution in [1.82, 2.24) is 10.3 Å². The molecule has 4 rings (SSSR count). The van der Waals surface area contributed by atoms with Crippen molar-refractivity contribution in [3.8, 4) is 0 Å². The first-order chi connectivity index (χ1) is 13.6. The summed E-state index contributed by atoms with van der Waals surface area (Å²) in [6.07, 6.45) is -0.0335. The van der Waals surface area contributed by atoms with Crippen molar-refractivity contribution >= 4 is 22.5 Å². The highest BCUT2D eigenvalue weighted by Gasteiger charge is 2.22. The number of nitrogens with zero attached hydrogens (tertiary/aromatic N) is 2. The predicted octanol–water partition coefficient (Wildman–Crippen LogP) is 3.49. The van der Waals surface area contributed by atoms with Crippen molar-refractivity contribution in [2.45, 2.75) is 20.0 Å². The number of para-hydroxylation sites is 1. The lowest BCUT2D eigenvalue weighted by atomic mass is 10.0. The molecule has 5 heteroatoms. The topological polar surface area (TPSA) is 54.5 Å². The van der Waals surface area contributed by atoms with Crippen LogP contribution < -0.4 is 10.2 Å². The van der Waals surface area contributed by atoms with Gasteiger partial charge >= 0.3 is 0 Å². The van der Waals surface area contributed by atoms with Crippen LogP contribution in [0.5, 0.6) is 0 Å². The highest BCUT2D eigenvalue weighted by atomic mass is 16.5. The third-order valence-electron chi connectivity index (χ3n) is 5.09. The lowest BCUT2D eigenvalue weighted by Crippen LogP contribution is -2.47. The Labute approximate surface area is 165 Å². The van der Waals surface area contributed by atoms with Gasteiger partial charge in [0.05, 0.1) is 23.8 Å². The molecule has 0 saturated carbocycles. The number of carbonyl (C=O) groups excluding carboxylic acids is 1. The van der Waals surface area contributed by atoms with Crippen LogP contribution in [0.4, 0.5) is 5.69 Å².